The number of para-hydroxylation sites is 2. The van der Waals surface area contributed by atoms with E-state index >= 15 is 0 Å². The van der Waals surface area contributed by atoms with Crippen LogP contribution in [0.5, 0.6) is 5.75 Å². The van der Waals surface area contributed by atoms with E-state index in [0.29, 0.717) is 0 Å². The minimum Gasteiger partial charge on any atom is -0.489 e. The second-order valence-electron chi connectivity index (χ2n) is 6.36. The molecule has 3 nitrogen and oxygen atoms in total. The maximum Gasteiger partial charge on any atom is 0.142 e. The number of likely N-dealkylation sites (N-methyl/N-ethyl adjacent to an activating group) is 1. The van der Waals surface area contributed by atoms with Gasteiger partial charge in [-0.2, -0.15) is 0 Å². The van der Waals surface area contributed by atoms with E-state index in [0.717, 1.165) is 30.6 Å². The number of ether oxygens (including phenoxy) is 1. The maximum atomic E-state index is 5.84. The Labute approximate surface area is 129 Å². The largest absolute Gasteiger partial charge is 0.489 e. The first-order chi connectivity index (χ1) is 10.2. The third-order valence-electron chi connectivity index (χ3n) is 4.23. The molecule has 0 aliphatic heterocycles. The molecular formula is C18H30N2O. The van der Waals surface area contributed by atoms with Gasteiger partial charge in [-0.1, -0.05) is 31.4 Å². The topological polar surface area (TPSA) is 24.5 Å². The fourth-order valence-electron chi connectivity index (χ4n) is 3.04. The van der Waals surface area contributed by atoms with E-state index < -0.39 is 0 Å². The highest BCUT2D eigenvalue weighted by Crippen LogP contribution is 2.25. The molecule has 3 heteroatoms. The fourth-order valence-corrected chi connectivity index (χ4v) is 3.04. The molecule has 0 saturated heterocycles. The highest BCUT2D eigenvalue weighted by molar-refractivity contribution is 5.56. The Balaban J connectivity index is 1.80. The molecule has 1 saturated carbocycles. The van der Waals surface area contributed by atoms with Crippen LogP contribution in [-0.4, -0.2) is 37.2 Å². The van der Waals surface area contributed by atoms with Crippen LogP contribution in [-0.2, 0) is 0 Å². The summed E-state index contributed by atoms with van der Waals surface area (Å²) in [5.41, 5.74) is 1.10. The molecule has 0 spiro atoms. The summed E-state index contributed by atoms with van der Waals surface area (Å²) in [5.74, 6) is 0.952. The third kappa shape index (κ3) is 5.24. The van der Waals surface area contributed by atoms with Crippen LogP contribution < -0.4 is 10.1 Å². The first-order valence-corrected chi connectivity index (χ1v) is 8.36. The zero-order valence-electron chi connectivity index (χ0n) is 13.8. The summed E-state index contributed by atoms with van der Waals surface area (Å²) in [6.07, 6.45) is 7.15. The van der Waals surface area contributed by atoms with Gasteiger partial charge in [0, 0.05) is 19.1 Å². The Morgan fingerprint density at radius 3 is 2.62 bits per heavy atom. The normalized spacial score (nSPS) is 16.4. The Morgan fingerprint density at radius 2 is 1.90 bits per heavy atom. The van der Waals surface area contributed by atoms with E-state index in [1.807, 2.05) is 12.1 Å². The van der Waals surface area contributed by atoms with E-state index in [1.54, 1.807) is 0 Å². The number of nitrogens with one attached hydrogen (secondary N) is 1. The molecule has 0 atom stereocenters. The van der Waals surface area contributed by atoms with Gasteiger partial charge in [0.05, 0.1) is 11.8 Å². The van der Waals surface area contributed by atoms with Crippen LogP contribution >= 0.6 is 0 Å². The molecular weight excluding hydrogens is 260 g/mol. The van der Waals surface area contributed by atoms with E-state index in [2.05, 4.69) is 43.2 Å². The highest BCUT2D eigenvalue weighted by atomic mass is 16.5. The van der Waals surface area contributed by atoms with Gasteiger partial charge in [-0.25, -0.2) is 0 Å². The molecule has 1 aliphatic carbocycles. The van der Waals surface area contributed by atoms with Crippen molar-refractivity contribution < 1.29 is 4.74 Å². The molecule has 2 rings (SSSR count). The van der Waals surface area contributed by atoms with Crippen molar-refractivity contribution in [1.29, 1.82) is 0 Å². The Bertz CT molecular complexity index is 413. The summed E-state index contributed by atoms with van der Waals surface area (Å²) >= 11 is 0. The van der Waals surface area contributed by atoms with Crippen molar-refractivity contribution in [1.82, 2.24) is 4.90 Å². The molecule has 1 aromatic rings. The van der Waals surface area contributed by atoms with Gasteiger partial charge in [0.25, 0.3) is 0 Å². The summed E-state index contributed by atoms with van der Waals surface area (Å²) in [6.45, 7) is 6.17. The summed E-state index contributed by atoms with van der Waals surface area (Å²) in [6, 6.07) is 8.99. The predicted octanol–water partition coefficient (Wildman–Crippen LogP) is 4.15. The Morgan fingerprint density at radius 1 is 1.19 bits per heavy atom. The molecule has 118 valence electrons. The van der Waals surface area contributed by atoms with Gasteiger partial charge >= 0.3 is 0 Å². The standard InChI is InChI=1S/C18H30N2O/c1-15(2)21-18-12-8-7-11-17(18)19-13-14-20(3)16-9-5-4-6-10-16/h7-8,11-12,15-16,19H,4-6,9-10,13-14H2,1-3H3. The molecule has 1 aliphatic rings. The molecule has 0 radical (unpaired) electrons. The number of nitrogens with zero attached hydrogens (tertiary/aromatic N) is 1. The quantitative estimate of drug-likeness (QED) is 0.816. The molecule has 0 heterocycles. The van der Waals surface area contributed by atoms with E-state index in [1.165, 1.54) is 32.1 Å². The summed E-state index contributed by atoms with van der Waals surface area (Å²) in [7, 11) is 2.26. The SMILES string of the molecule is CC(C)Oc1ccccc1NCCN(C)C1CCCCC1. The van der Waals surface area contributed by atoms with Crippen LogP contribution in [0.2, 0.25) is 0 Å². The van der Waals surface area contributed by atoms with Crippen molar-refractivity contribution in [3.05, 3.63) is 24.3 Å². The lowest BCUT2D eigenvalue weighted by Crippen LogP contribution is -2.36. The minimum absolute atomic E-state index is 0.206. The zero-order chi connectivity index (χ0) is 15.1. The van der Waals surface area contributed by atoms with Crippen molar-refractivity contribution in [3.8, 4) is 5.75 Å². The zero-order valence-corrected chi connectivity index (χ0v) is 13.8. The predicted molar refractivity (Wildman–Crippen MR) is 90.2 cm³/mol. The summed E-state index contributed by atoms with van der Waals surface area (Å²) in [4.78, 5) is 2.51. The van der Waals surface area contributed by atoms with Crippen LogP contribution in [0.15, 0.2) is 24.3 Å². The summed E-state index contributed by atoms with van der Waals surface area (Å²) in [5, 5.41) is 3.52. The van der Waals surface area contributed by atoms with Crippen molar-refractivity contribution in [2.75, 3.05) is 25.5 Å². The van der Waals surface area contributed by atoms with Gasteiger partial charge in [-0.15, -0.1) is 0 Å². The average Bonchev–Trinajstić information content (AvgIpc) is 2.49. The van der Waals surface area contributed by atoms with Crippen molar-refractivity contribution >= 4 is 5.69 Å². The molecule has 0 unspecified atom stereocenters. The van der Waals surface area contributed by atoms with Gasteiger partial charge in [0.1, 0.15) is 5.75 Å². The Hall–Kier alpha value is -1.22. The number of hydrogen-bond donors (Lipinski definition) is 1. The van der Waals surface area contributed by atoms with Crippen LogP contribution in [0.1, 0.15) is 46.0 Å². The van der Waals surface area contributed by atoms with Gasteiger partial charge < -0.3 is 15.0 Å². The van der Waals surface area contributed by atoms with Crippen LogP contribution in [0, 0.1) is 0 Å². The summed E-state index contributed by atoms with van der Waals surface area (Å²) < 4.78 is 5.84. The van der Waals surface area contributed by atoms with Gasteiger partial charge in [-0.3, -0.25) is 0 Å². The number of benzene rings is 1. The molecule has 21 heavy (non-hydrogen) atoms. The van der Waals surface area contributed by atoms with Gasteiger partial charge in [-0.05, 0) is 45.9 Å². The smallest absolute Gasteiger partial charge is 0.142 e. The molecule has 0 bridgehead atoms. The second kappa shape index (κ2) is 8.28. The van der Waals surface area contributed by atoms with Crippen LogP contribution in [0.4, 0.5) is 5.69 Å². The van der Waals surface area contributed by atoms with Crippen molar-refractivity contribution in [3.63, 3.8) is 0 Å². The first kappa shape index (κ1) is 16.2. The van der Waals surface area contributed by atoms with Crippen molar-refractivity contribution in [2.45, 2.75) is 58.1 Å². The van der Waals surface area contributed by atoms with Crippen LogP contribution in [0.25, 0.3) is 0 Å². The lowest BCUT2D eigenvalue weighted by molar-refractivity contribution is 0.198. The lowest BCUT2D eigenvalue weighted by atomic mass is 9.94. The molecule has 1 N–H and O–H groups in total. The van der Waals surface area contributed by atoms with Gasteiger partial charge in [0.2, 0.25) is 0 Å². The molecule has 0 amide bonds. The first-order valence-electron chi connectivity index (χ1n) is 8.36. The fraction of sp³-hybridized carbons (Fsp3) is 0.667. The molecule has 1 aromatic carbocycles. The number of anilines is 1. The second-order valence-corrected chi connectivity index (χ2v) is 6.36. The number of rotatable bonds is 7. The maximum absolute atomic E-state index is 5.84. The lowest BCUT2D eigenvalue weighted by Gasteiger charge is -2.31. The van der Waals surface area contributed by atoms with Gasteiger partial charge in [0.15, 0.2) is 0 Å². The molecule has 1 fully saturated rings. The van der Waals surface area contributed by atoms with E-state index in [-0.39, 0.29) is 6.10 Å². The van der Waals surface area contributed by atoms with Crippen LogP contribution in [0.3, 0.4) is 0 Å². The minimum atomic E-state index is 0.206. The monoisotopic (exact) mass is 290 g/mol. The highest BCUT2D eigenvalue weighted by Gasteiger charge is 2.17. The van der Waals surface area contributed by atoms with E-state index in [9.17, 15) is 0 Å². The number of hydrogen-bond acceptors (Lipinski definition) is 3. The van der Waals surface area contributed by atoms with Crippen molar-refractivity contribution in [2.24, 2.45) is 0 Å². The Kier molecular flexibility index (Phi) is 6.37. The van der Waals surface area contributed by atoms with E-state index in [4.69, 9.17) is 4.74 Å². The average molecular weight is 290 g/mol. The molecule has 0 aromatic heterocycles. The third-order valence-corrected chi connectivity index (χ3v) is 4.23.